The van der Waals surface area contributed by atoms with Gasteiger partial charge in [0.1, 0.15) is 11.5 Å². The van der Waals surface area contributed by atoms with Crippen molar-refractivity contribution < 1.29 is 4.92 Å². The number of nitrogen functional groups attached to an aromatic ring is 1. The number of piperidine rings is 1. The number of benzene rings is 1. The molecule has 1 saturated heterocycles. The molecule has 4 rings (SSSR count). The first kappa shape index (κ1) is 18.4. The number of likely N-dealkylation sites (N-methyl/N-ethyl adjacent to an activating group) is 1. The van der Waals surface area contributed by atoms with Gasteiger partial charge in [0.05, 0.1) is 10.6 Å². The Balaban J connectivity index is 1.66. The lowest BCUT2D eigenvalue weighted by atomic mass is 10.1. The summed E-state index contributed by atoms with van der Waals surface area (Å²) in [4.78, 5) is 22.5. The third-order valence-corrected chi connectivity index (χ3v) is 5.52. The van der Waals surface area contributed by atoms with Gasteiger partial charge in [-0.2, -0.15) is 4.98 Å². The minimum absolute atomic E-state index is 0.126. The molecule has 0 saturated carbocycles. The smallest absolute Gasteiger partial charge is 0.294 e. The lowest BCUT2D eigenvalue weighted by Gasteiger charge is -2.34. The first-order valence-corrected chi connectivity index (χ1v) is 9.68. The summed E-state index contributed by atoms with van der Waals surface area (Å²) in [7, 11) is 2.00. The molecule has 1 unspecified atom stereocenters. The van der Waals surface area contributed by atoms with Gasteiger partial charge in [-0.05, 0) is 51.3 Å². The van der Waals surface area contributed by atoms with Gasteiger partial charge < -0.3 is 21.3 Å². The van der Waals surface area contributed by atoms with E-state index in [2.05, 4.69) is 20.5 Å². The highest BCUT2D eigenvalue weighted by Gasteiger charge is 2.26. The summed E-state index contributed by atoms with van der Waals surface area (Å²) < 4.78 is 0. The van der Waals surface area contributed by atoms with Gasteiger partial charge in [0.2, 0.25) is 5.95 Å². The van der Waals surface area contributed by atoms with Crippen LogP contribution in [0.3, 0.4) is 0 Å². The third-order valence-electron chi connectivity index (χ3n) is 5.52. The second-order valence-corrected chi connectivity index (χ2v) is 7.38. The number of rotatable bonds is 5. The van der Waals surface area contributed by atoms with Crippen molar-refractivity contribution in [1.82, 2.24) is 15.3 Å². The molecular weight excluding hydrogens is 358 g/mol. The van der Waals surface area contributed by atoms with Crippen molar-refractivity contribution >= 4 is 28.8 Å². The molecule has 2 heterocycles. The number of hydrogen-bond acceptors (Lipinski definition) is 8. The van der Waals surface area contributed by atoms with Crippen molar-refractivity contribution in [3.05, 3.63) is 39.6 Å². The van der Waals surface area contributed by atoms with Gasteiger partial charge in [-0.25, -0.2) is 4.98 Å². The number of nitrogens with zero attached hydrogens (tertiary/aromatic N) is 4. The van der Waals surface area contributed by atoms with Gasteiger partial charge >= 0.3 is 0 Å². The Morgan fingerprint density at radius 3 is 2.93 bits per heavy atom. The van der Waals surface area contributed by atoms with Gasteiger partial charge in [0.25, 0.3) is 5.69 Å². The second-order valence-electron chi connectivity index (χ2n) is 7.38. The molecule has 0 amide bonds. The monoisotopic (exact) mass is 383 g/mol. The van der Waals surface area contributed by atoms with Crippen LogP contribution < -0.4 is 21.3 Å². The van der Waals surface area contributed by atoms with Crippen molar-refractivity contribution in [3.8, 4) is 0 Å². The lowest BCUT2D eigenvalue weighted by Crippen LogP contribution is -2.45. The summed E-state index contributed by atoms with van der Waals surface area (Å²) in [5.74, 6) is 1.47. The van der Waals surface area contributed by atoms with Crippen LogP contribution in [-0.2, 0) is 12.8 Å². The Morgan fingerprint density at radius 2 is 2.14 bits per heavy atom. The average Bonchev–Trinajstić information content (AvgIpc) is 3.17. The number of aromatic nitrogens is 2. The highest BCUT2D eigenvalue weighted by atomic mass is 16.6. The topological polar surface area (TPSA) is 122 Å². The first-order valence-electron chi connectivity index (χ1n) is 9.68. The number of nitro groups is 1. The van der Waals surface area contributed by atoms with Crippen molar-refractivity contribution in [3.63, 3.8) is 0 Å². The summed E-state index contributed by atoms with van der Waals surface area (Å²) in [5.41, 5.74) is 8.57. The van der Waals surface area contributed by atoms with E-state index in [1.807, 2.05) is 7.05 Å². The molecule has 0 radical (unpaired) electrons. The van der Waals surface area contributed by atoms with Crippen LogP contribution in [0.5, 0.6) is 0 Å². The van der Waals surface area contributed by atoms with Crippen molar-refractivity contribution in [1.29, 1.82) is 0 Å². The Kier molecular flexibility index (Phi) is 4.99. The number of anilines is 4. The van der Waals surface area contributed by atoms with Gasteiger partial charge in [-0.1, -0.05) is 0 Å². The average molecular weight is 383 g/mol. The van der Waals surface area contributed by atoms with Crippen LogP contribution >= 0.6 is 0 Å². The van der Waals surface area contributed by atoms with E-state index in [1.54, 1.807) is 6.07 Å². The minimum atomic E-state index is -0.485. The standard InChI is InChI=1S/C19H25N7O2/c1-21-13-4-3-9-25(11-13)18-14-5-2-6-16(14)23-19(24-18)22-12-7-8-15(20)17(10-12)26(27)28/h7-8,10,13,21H,2-6,9,11,20H2,1H3,(H,22,23,24). The fourth-order valence-corrected chi connectivity index (χ4v) is 4.04. The molecule has 28 heavy (non-hydrogen) atoms. The summed E-state index contributed by atoms with van der Waals surface area (Å²) >= 11 is 0. The summed E-state index contributed by atoms with van der Waals surface area (Å²) in [6.45, 7) is 1.90. The van der Waals surface area contributed by atoms with E-state index in [0.29, 0.717) is 17.7 Å². The van der Waals surface area contributed by atoms with Crippen LogP contribution in [0, 0.1) is 10.1 Å². The van der Waals surface area contributed by atoms with Crippen LogP contribution in [0.1, 0.15) is 30.5 Å². The van der Waals surface area contributed by atoms with Crippen LogP contribution in [0.25, 0.3) is 0 Å². The van der Waals surface area contributed by atoms with Crippen molar-refractivity contribution in [2.45, 2.75) is 38.1 Å². The van der Waals surface area contributed by atoms with E-state index < -0.39 is 4.92 Å². The number of nitro benzene ring substituents is 1. The Hall–Kier alpha value is -2.94. The van der Waals surface area contributed by atoms with Crippen LogP contribution in [0.2, 0.25) is 0 Å². The normalized spacial score (nSPS) is 18.8. The molecule has 1 aromatic carbocycles. The maximum Gasteiger partial charge on any atom is 0.294 e. The predicted octanol–water partition coefficient (Wildman–Crippen LogP) is 2.39. The molecule has 1 fully saturated rings. The maximum absolute atomic E-state index is 11.2. The fourth-order valence-electron chi connectivity index (χ4n) is 4.04. The van der Waals surface area contributed by atoms with Crippen LogP contribution in [0.4, 0.5) is 28.8 Å². The zero-order valence-corrected chi connectivity index (χ0v) is 15.9. The number of fused-ring (bicyclic) bond motifs is 1. The molecule has 1 atom stereocenters. The highest BCUT2D eigenvalue weighted by molar-refractivity contribution is 5.68. The Morgan fingerprint density at radius 1 is 1.29 bits per heavy atom. The van der Waals surface area contributed by atoms with E-state index in [0.717, 1.165) is 50.3 Å². The van der Waals surface area contributed by atoms with Crippen molar-refractivity contribution in [2.75, 3.05) is 36.1 Å². The first-order chi connectivity index (χ1) is 13.5. The van der Waals surface area contributed by atoms with E-state index in [-0.39, 0.29) is 11.4 Å². The molecule has 1 aromatic heterocycles. The fraction of sp³-hybridized carbons (Fsp3) is 0.474. The largest absolute Gasteiger partial charge is 0.393 e. The second kappa shape index (κ2) is 7.59. The quantitative estimate of drug-likeness (QED) is 0.409. The molecule has 1 aliphatic heterocycles. The van der Waals surface area contributed by atoms with Gasteiger partial charge in [-0.3, -0.25) is 10.1 Å². The predicted molar refractivity (Wildman–Crippen MR) is 109 cm³/mol. The number of hydrogen-bond donors (Lipinski definition) is 3. The minimum Gasteiger partial charge on any atom is -0.393 e. The maximum atomic E-state index is 11.2. The van der Waals surface area contributed by atoms with Crippen molar-refractivity contribution in [2.24, 2.45) is 0 Å². The molecule has 4 N–H and O–H groups in total. The zero-order chi connectivity index (χ0) is 19.7. The van der Waals surface area contributed by atoms with Gasteiger partial charge in [0.15, 0.2) is 0 Å². The number of nitrogens with two attached hydrogens (primary N) is 1. The Labute approximate surface area is 163 Å². The molecule has 0 spiro atoms. The molecule has 148 valence electrons. The molecule has 9 heteroatoms. The molecular formula is C19H25N7O2. The van der Waals surface area contributed by atoms with Crippen LogP contribution in [0.15, 0.2) is 18.2 Å². The summed E-state index contributed by atoms with van der Waals surface area (Å²) in [5, 5.41) is 17.7. The highest BCUT2D eigenvalue weighted by Crippen LogP contribution is 2.33. The molecule has 2 aliphatic rings. The van der Waals surface area contributed by atoms with Gasteiger partial charge in [0, 0.05) is 36.4 Å². The number of nitrogens with one attached hydrogen (secondary N) is 2. The zero-order valence-electron chi connectivity index (χ0n) is 15.9. The van der Waals surface area contributed by atoms with E-state index >= 15 is 0 Å². The van der Waals surface area contributed by atoms with E-state index in [4.69, 9.17) is 10.7 Å². The van der Waals surface area contributed by atoms with E-state index in [1.165, 1.54) is 24.1 Å². The Bertz CT molecular complexity index is 902. The molecule has 2 aromatic rings. The lowest BCUT2D eigenvalue weighted by molar-refractivity contribution is -0.383. The molecule has 1 aliphatic carbocycles. The van der Waals surface area contributed by atoms with Crippen LogP contribution in [-0.4, -0.2) is 41.1 Å². The van der Waals surface area contributed by atoms with Gasteiger partial charge in [-0.15, -0.1) is 0 Å². The summed E-state index contributed by atoms with van der Waals surface area (Å²) in [6.07, 6.45) is 5.30. The third kappa shape index (κ3) is 3.57. The SMILES string of the molecule is CNC1CCCN(c2nc(Nc3ccc(N)c([N+](=O)[O-])c3)nc3c2CCC3)C1. The number of aryl methyl sites for hydroxylation is 1. The molecule has 0 bridgehead atoms. The molecule has 9 nitrogen and oxygen atoms in total. The summed E-state index contributed by atoms with van der Waals surface area (Å²) in [6, 6.07) is 5.11. The van der Waals surface area contributed by atoms with E-state index in [9.17, 15) is 10.1 Å².